The fourth-order valence-electron chi connectivity index (χ4n) is 3.09. The van der Waals surface area contributed by atoms with Gasteiger partial charge in [0.15, 0.2) is 0 Å². The number of aryl methyl sites for hydroxylation is 1. The molecule has 1 aromatic rings. The average Bonchev–Trinajstić information content (AvgIpc) is 2.79. The lowest BCUT2D eigenvalue weighted by molar-refractivity contribution is -0.142. The van der Waals surface area contributed by atoms with Crippen LogP contribution in [0.4, 0.5) is 0 Å². The second-order valence-corrected chi connectivity index (χ2v) is 5.58. The standard InChI is InChI=1S/C16H18N2O3/c19-14(10-18-15(20)8-9-16(18)21)17-13-7-3-5-11-4-1-2-6-12(11)13/h1-2,4,6,13H,3,5,7-10H2,(H,17,19)/t13-/m0/s1. The van der Waals surface area contributed by atoms with Gasteiger partial charge in [-0.15, -0.1) is 0 Å². The second kappa shape index (κ2) is 5.68. The van der Waals surface area contributed by atoms with E-state index in [0.29, 0.717) is 0 Å². The molecule has 1 aliphatic heterocycles. The minimum Gasteiger partial charge on any atom is -0.348 e. The summed E-state index contributed by atoms with van der Waals surface area (Å²) in [6.07, 6.45) is 3.40. The van der Waals surface area contributed by atoms with E-state index in [1.165, 1.54) is 5.56 Å². The van der Waals surface area contributed by atoms with Gasteiger partial charge in [0.05, 0.1) is 6.04 Å². The second-order valence-electron chi connectivity index (χ2n) is 5.58. The van der Waals surface area contributed by atoms with Gasteiger partial charge in [-0.2, -0.15) is 0 Å². The molecule has 1 fully saturated rings. The third-order valence-electron chi connectivity index (χ3n) is 4.16. The van der Waals surface area contributed by atoms with E-state index >= 15 is 0 Å². The Bertz CT molecular complexity index is 581. The Morgan fingerprint density at radius 1 is 1.14 bits per heavy atom. The van der Waals surface area contributed by atoms with E-state index in [1.807, 2.05) is 18.2 Å². The van der Waals surface area contributed by atoms with Crippen LogP contribution in [0, 0.1) is 0 Å². The first-order valence-corrected chi connectivity index (χ1v) is 7.35. The van der Waals surface area contributed by atoms with Gasteiger partial charge in [0.2, 0.25) is 17.7 Å². The van der Waals surface area contributed by atoms with Crippen LogP contribution in [0.15, 0.2) is 24.3 Å². The summed E-state index contributed by atoms with van der Waals surface area (Å²) >= 11 is 0. The molecule has 3 rings (SSSR count). The van der Waals surface area contributed by atoms with E-state index in [4.69, 9.17) is 0 Å². The summed E-state index contributed by atoms with van der Waals surface area (Å²) in [5, 5.41) is 2.96. The van der Waals surface area contributed by atoms with Crippen molar-refractivity contribution >= 4 is 17.7 Å². The third kappa shape index (κ3) is 2.82. The highest BCUT2D eigenvalue weighted by molar-refractivity contribution is 6.04. The summed E-state index contributed by atoms with van der Waals surface area (Å²) in [5.74, 6) is -0.765. The number of carbonyl (C=O) groups is 3. The first kappa shape index (κ1) is 13.8. The van der Waals surface area contributed by atoms with Crippen molar-refractivity contribution in [2.75, 3.05) is 6.54 Å². The lowest BCUT2D eigenvalue weighted by Crippen LogP contribution is -2.41. The van der Waals surface area contributed by atoms with Gasteiger partial charge in [0.25, 0.3) is 0 Å². The maximum absolute atomic E-state index is 12.1. The highest BCUT2D eigenvalue weighted by atomic mass is 16.2. The van der Waals surface area contributed by atoms with Gasteiger partial charge >= 0.3 is 0 Å². The minimum absolute atomic E-state index is 0.0183. The van der Waals surface area contributed by atoms with Crippen molar-refractivity contribution in [2.45, 2.75) is 38.1 Å². The molecule has 5 heteroatoms. The summed E-state index contributed by atoms with van der Waals surface area (Å²) in [7, 11) is 0. The van der Waals surface area contributed by atoms with Gasteiger partial charge < -0.3 is 5.32 Å². The van der Waals surface area contributed by atoms with E-state index in [2.05, 4.69) is 11.4 Å². The average molecular weight is 286 g/mol. The lowest BCUT2D eigenvalue weighted by Gasteiger charge is -2.27. The number of nitrogens with zero attached hydrogens (tertiary/aromatic N) is 1. The molecule has 110 valence electrons. The number of likely N-dealkylation sites (tertiary alicyclic amines) is 1. The first-order valence-electron chi connectivity index (χ1n) is 7.35. The van der Waals surface area contributed by atoms with Crippen molar-refractivity contribution in [1.82, 2.24) is 10.2 Å². The number of benzene rings is 1. The van der Waals surface area contributed by atoms with Crippen LogP contribution >= 0.6 is 0 Å². The summed E-state index contributed by atoms with van der Waals surface area (Å²) in [5.41, 5.74) is 2.42. The minimum atomic E-state index is -0.264. The van der Waals surface area contributed by atoms with Crippen LogP contribution in [0.3, 0.4) is 0 Å². The molecular formula is C16H18N2O3. The topological polar surface area (TPSA) is 66.5 Å². The number of fused-ring (bicyclic) bond motifs is 1. The van der Waals surface area contributed by atoms with Crippen LogP contribution in [0.25, 0.3) is 0 Å². The molecule has 0 bridgehead atoms. The molecular weight excluding hydrogens is 268 g/mol. The smallest absolute Gasteiger partial charge is 0.240 e. The normalized spacial score (nSPS) is 21.3. The molecule has 21 heavy (non-hydrogen) atoms. The van der Waals surface area contributed by atoms with E-state index < -0.39 is 0 Å². The molecule has 0 unspecified atom stereocenters. The molecule has 5 nitrogen and oxygen atoms in total. The SMILES string of the molecule is O=C(CN1C(=O)CCC1=O)N[C@H]1CCCc2ccccc21. The van der Waals surface area contributed by atoms with Crippen LogP contribution in [-0.2, 0) is 20.8 Å². The van der Waals surface area contributed by atoms with Gasteiger partial charge in [-0.1, -0.05) is 24.3 Å². The monoisotopic (exact) mass is 286 g/mol. The van der Waals surface area contributed by atoms with Crippen molar-refractivity contribution in [3.63, 3.8) is 0 Å². The molecule has 3 amide bonds. The number of rotatable bonds is 3. The van der Waals surface area contributed by atoms with Crippen molar-refractivity contribution in [2.24, 2.45) is 0 Å². The van der Waals surface area contributed by atoms with Crippen LogP contribution in [0.1, 0.15) is 42.9 Å². The van der Waals surface area contributed by atoms with Crippen molar-refractivity contribution in [3.05, 3.63) is 35.4 Å². The van der Waals surface area contributed by atoms with E-state index in [0.717, 1.165) is 29.7 Å². The van der Waals surface area contributed by atoms with Gasteiger partial charge in [-0.25, -0.2) is 0 Å². The molecule has 1 heterocycles. The largest absolute Gasteiger partial charge is 0.348 e. The van der Waals surface area contributed by atoms with Gasteiger partial charge in [-0.3, -0.25) is 19.3 Å². The van der Waals surface area contributed by atoms with Crippen LogP contribution < -0.4 is 5.32 Å². The van der Waals surface area contributed by atoms with Crippen LogP contribution in [0.2, 0.25) is 0 Å². The number of hydrogen-bond donors (Lipinski definition) is 1. The molecule has 2 aliphatic rings. The fourth-order valence-corrected chi connectivity index (χ4v) is 3.09. The Kier molecular flexibility index (Phi) is 3.73. The van der Waals surface area contributed by atoms with Crippen molar-refractivity contribution in [3.8, 4) is 0 Å². The molecule has 1 atom stereocenters. The van der Waals surface area contributed by atoms with Crippen LogP contribution in [-0.4, -0.2) is 29.2 Å². The molecule has 1 N–H and O–H groups in total. The Labute approximate surface area is 123 Å². The molecule has 0 saturated carbocycles. The predicted octanol–water partition coefficient (Wildman–Crippen LogP) is 1.33. The quantitative estimate of drug-likeness (QED) is 0.852. The molecule has 0 radical (unpaired) electrons. The number of nitrogens with one attached hydrogen (secondary N) is 1. The zero-order valence-electron chi connectivity index (χ0n) is 11.8. The van der Waals surface area contributed by atoms with E-state index in [1.54, 1.807) is 0 Å². The molecule has 0 aromatic heterocycles. The predicted molar refractivity (Wildman–Crippen MR) is 76.2 cm³/mol. The lowest BCUT2D eigenvalue weighted by atomic mass is 9.88. The molecule has 0 spiro atoms. The van der Waals surface area contributed by atoms with Gasteiger partial charge in [0.1, 0.15) is 6.54 Å². The zero-order valence-corrected chi connectivity index (χ0v) is 11.8. The van der Waals surface area contributed by atoms with E-state index in [9.17, 15) is 14.4 Å². The first-order chi connectivity index (χ1) is 10.1. The summed E-state index contributed by atoms with van der Waals surface area (Å²) in [4.78, 5) is 36.2. The summed E-state index contributed by atoms with van der Waals surface area (Å²) in [6.45, 7) is -0.156. The zero-order chi connectivity index (χ0) is 14.8. The van der Waals surface area contributed by atoms with Gasteiger partial charge in [-0.05, 0) is 30.4 Å². The van der Waals surface area contributed by atoms with Crippen molar-refractivity contribution < 1.29 is 14.4 Å². The van der Waals surface area contributed by atoms with Crippen molar-refractivity contribution in [1.29, 1.82) is 0 Å². The number of imide groups is 1. The molecule has 1 aliphatic carbocycles. The number of amides is 3. The summed E-state index contributed by atoms with van der Waals surface area (Å²) in [6, 6.07) is 8.07. The third-order valence-corrected chi connectivity index (χ3v) is 4.16. The molecule has 1 saturated heterocycles. The van der Waals surface area contributed by atoms with Crippen LogP contribution in [0.5, 0.6) is 0 Å². The Hall–Kier alpha value is -2.17. The maximum atomic E-state index is 12.1. The fraction of sp³-hybridized carbons (Fsp3) is 0.438. The van der Waals surface area contributed by atoms with E-state index in [-0.39, 0.29) is 43.1 Å². The van der Waals surface area contributed by atoms with Gasteiger partial charge in [0, 0.05) is 12.8 Å². The Morgan fingerprint density at radius 3 is 2.62 bits per heavy atom. The maximum Gasteiger partial charge on any atom is 0.240 e. The Balaban J connectivity index is 1.66. The number of hydrogen-bond acceptors (Lipinski definition) is 3. The summed E-state index contributed by atoms with van der Waals surface area (Å²) < 4.78 is 0. The highest BCUT2D eigenvalue weighted by Gasteiger charge is 2.31. The number of carbonyl (C=O) groups excluding carboxylic acids is 3. The Morgan fingerprint density at radius 2 is 1.86 bits per heavy atom. The molecule has 1 aromatic carbocycles. The highest BCUT2D eigenvalue weighted by Crippen LogP contribution is 2.29.